The van der Waals surface area contributed by atoms with Crippen LogP contribution in [0.3, 0.4) is 0 Å². The van der Waals surface area contributed by atoms with E-state index in [2.05, 4.69) is 245 Å². The second-order valence-corrected chi connectivity index (χ2v) is 30.7. The lowest BCUT2D eigenvalue weighted by Crippen LogP contribution is -2.31. The number of anilines is 12. The molecule has 0 N–H and O–H groups in total. The van der Waals surface area contributed by atoms with Gasteiger partial charge in [0.1, 0.15) is 0 Å². The van der Waals surface area contributed by atoms with E-state index in [1.165, 1.54) is 22.3 Å². The zero-order valence-electron chi connectivity index (χ0n) is 54.0. The summed E-state index contributed by atoms with van der Waals surface area (Å²) >= 11 is 0. The van der Waals surface area contributed by atoms with E-state index in [4.69, 9.17) is 0 Å². The predicted octanol–water partition coefficient (Wildman–Crippen LogP) is 21.5. The monoisotopic (exact) mass is 1260 g/mol. The molecule has 12 aromatic carbocycles. The van der Waals surface area contributed by atoms with Crippen molar-refractivity contribution in [2.24, 2.45) is 0 Å². The zero-order valence-corrected chi connectivity index (χ0v) is 55.6. The summed E-state index contributed by atoms with van der Waals surface area (Å²) < 4.78 is 58.3. The molecule has 0 amide bonds. The van der Waals surface area contributed by atoms with E-state index in [1.54, 1.807) is 48.5 Å². The van der Waals surface area contributed by atoms with Crippen molar-refractivity contribution in [3.8, 4) is 0 Å². The van der Waals surface area contributed by atoms with Gasteiger partial charge in [-0.05, 0) is 166 Å². The van der Waals surface area contributed by atoms with E-state index in [1.807, 2.05) is 72.8 Å². The molecule has 0 atom stereocenters. The second kappa shape index (κ2) is 22.2. The Bertz CT molecular complexity index is 4700. The molecule has 0 spiro atoms. The van der Waals surface area contributed by atoms with Gasteiger partial charge in [0, 0.05) is 33.0 Å². The van der Waals surface area contributed by atoms with Crippen LogP contribution in [0.1, 0.15) is 99.9 Å². The summed E-state index contributed by atoms with van der Waals surface area (Å²) in [5, 5.41) is 0. The predicted molar refractivity (Wildman–Crippen MR) is 384 cm³/mol. The smallest absolute Gasteiger partial charge is 0.208 e. The zero-order chi connectivity index (χ0) is 65.1. The van der Waals surface area contributed by atoms with Crippen molar-refractivity contribution < 1.29 is 16.8 Å². The van der Waals surface area contributed by atoms with Crippen LogP contribution in [0, 0.1) is 0 Å². The van der Waals surface area contributed by atoms with Crippen LogP contribution in [-0.4, -0.2) is 16.8 Å². The summed E-state index contributed by atoms with van der Waals surface area (Å²) in [4.78, 5) is 9.76. The minimum absolute atomic E-state index is 0.169. The summed E-state index contributed by atoms with van der Waals surface area (Å²) in [5.41, 5.74) is 20.1. The number of para-hydroxylation sites is 10. The maximum Gasteiger partial charge on any atom is 0.208 e. The van der Waals surface area contributed by atoms with E-state index < -0.39 is 19.7 Å². The third-order valence-electron chi connectivity index (χ3n) is 20.1. The fourth-order valence-corrected chi connectivity index (χ4v) is 18.2. The molecule has 0 aliphatic carbocycles. The minimum atomic E-state index is -3.90. The number of benzene rings is 12. The van der Waals surface area contributed by atoms with Gasteiger partial charge >= 0.3 is 0 Å². The molecule has 0 saturated carbocycles. The molecule has 94 heavy (non-hydrogen) atoms. The SMILES string of the molecule is CC1(C)c2ccccc2N(c2ccc(S(=O)(=O)c3ccccc3N3c4ccccc4C(C)(C)c4ccccc43)cc2)c2ccccc21.CC1(C)c2ccccc2N(c2ccc(S(=O)(=O)c3ccccc3N3c4ccccc4C(C)(C)c4ccccc43)cc2)c2ccccc21. The molecular formula is C84H72N4O4S2. The molecule has 8 nitrogen and oxygen atoms in total. The van der Waals surface area contributed by atoms with E-state index in [0.717, 1.165) is 79.1 Å². The lowest BCUT2D eigenvalue weighted by atomic mass is 9.73. The Balaban J connectivity index is 0.000000155. The van der Waals surface area contributed by atoms with Crippen LogP contribution in [0.15, 0.2) is 311 Å². The number of fused-ring (bicyclic) bond motifs is 8. The summed E-state index contributed by atoms with van der Waals surface area (Å²) in [7, 11) is -7.80. The molecule has 0 saturated heterocycles. The number of hydrogen-bond donors (Lipinski definition) is 0. The third kappa shape index (κ3) is 9.27. The molecule has 0 fully saturated rings. The van der Waals surface area contributed by atoms with Gasteiger partial charge in [-0.1, -0.05) is 225 Å². The standard InChI is InChI=1S/2C42H36N2O2S/c2*1-41(2)31-15-5-9-19-35(31)43(36-20-10-6-16-32(36)41)29-25-27-30(28-26-29)47(45,46)40-24-14-13-23-39(40)44-37-21-11-7-17-33(37)42(3,4)34-18-8-12-22-38(34)44/h2*5-28H,1-4H3. The summed E-state index contributed by atoms with van der Waals surface area (Å²) in [6.07, 6.45) is 0. The fraction of sp³-hybridized carbons (Fsp3) is 0.143. The summed E-state index contributed by atoms with van der Waals surface area (Å²) in [6.45, 7) is 18.0. The Labute approximate surface area is 553 Å². The van der Waals surface area contributed by atoms with Crippen molar-refractivity contribution >= 4 is 87.9 Å². The molecule has 0 unspecified atom stereocenters. The minimum Gasteiger partial charge on any atom is -0.310 e. The molecule has 12 aromatic rings. The molecule has 464 valence electrons. The molecule has 0 aromatic heterocycles. The van der Waals surface area contributed by atoms with Crippen LogP contribution in [0.25, 0.3) is 0 Å². The van der Waals surface area contributed by atoms with E-state index in [9.17, 15) is 16.8 Å². The quantitative estimate of drug-likeness (QED) is 0.149. The van der Waals surface area contributed by atoms with E-state index in [-0.39, 0.29) is 41.2 Å². The first-order valence-electron chi connectivity index (χ1n) is 32.1. The van der Waals surface area contributed by atoms with Crippen LogP contribution >= 0.6 is 0 Å². The molecule has 4 aliphatic rings. The average Bonchev–Trinajstić information content (AvgIpc) is 0.742. The van der Waals surface area contributed by atoms with Gasteiger partial charge in [-0.15, -0.1) is 0 Å². The van der Waals surface area contributed by atoms with Gasteiger partial charge < -0.3 is 19.6 Å². The maximum absolute atomic E-state index is 14.6. The van der Waals surface area contributed by atoms with Gasteiger partial charge in [-0.3, -0.25) is 0 Å². The van der Waals surface area contributed by atoms with E-state index in [0.29, 0.717) is 11.4 Å². The van der Waals surface area contributed by atoms with Crippen molar-refractivity contribution in [2.45, 2.75) is 96.6 Å². The highest BCUT2D eigenvalue weighted by Crippen LogP contribution is 2.57. The normalized spacial score (nSPS) is 15.7. The highest BCUT2D eigenvalue weighted by Gasteiger charge is 2.42. The largest absolute Gasteiger partial charge is 0.310 e. The van der Waals surface area contributed by atoms with Gasteiger partial charge in [0.25, 0.3) is 0 Å². The van der Waals surface area contributed by atoms with Crippen LogP contribution < -0.4 is 19.6 Å². The Morgan fingerprint density at radius 2 is 0.372 bits per heavy atom. The lowest BCUT2D eigenvalue weighted by Gasteiger charge is -2.42. The van der Waals surface area contributed by atoms with Crippen LogP contribution in [0.4, 0.5) is 68.2 Å². The molecule has 4 aliphatic heterocycles. The average molecular weight is 1270 g/mol. The fourth-order valence-electron chi connectivity index (χ4n) is 15.3. The van der Waals surface area contributed by atoms with Gasteiger partial charge in [0.15, 0.2) is 0 Å². The first kappa shape index (κ1) is 60.0. The molecule has 10 heteroatoms. The van der Waals surface area contributed by atoms with Crippen molar-refractivity contribution in [3.63, 3.8) is 0 Å². The number of hydrogen-bond acceptors (Lipinski definition) is 8. The molecule has 4 heterocycles. The Kier molecular flexibility index (Phi) is 14.2. The van der Waals surface area contributed by atoms with Crippen LogP contribution in [-0.2, 0) is 41.3 Å². The highest BCUT2D eigenvalue weighted by atomic mass is 32.2. The molecular weight excluding hydrogens is 1190 g/mol. The molecule has 0 bridgehead atoms. The topological polar surface area (TPSA) is 81.2 Å². The van der Waals surface area contributed by atoms with Gasteiger partial charge in [0.05, 0.1) is 76.5 Å². The van der Waals surface area contributed by atoms with Crippen LogP contribution in [0.2, 0.25) is 0 Å². The lowest BCUT2D eigenvalue weighted by molar-refractivity contribution is 0.594. The van der Waals surface area contributed by atoms with E-state index >= 15 is 0 Å². The highest BCUT2D eigenvalue weighted by molar-refractivity contribution is 7.92. The van der Waals surface area contributed by atoms with Gasteiger partial charge in [-0.2, -0.15) is 0 Å². The number of rotatable bonds is 8. The van der Waals surface area contributed by atoms with Crippen molar-refractivity contribution in [1.82, 2.24) is 0 Å². The Hall–Kier alpha value is -10.3. The second-order valence-electron chi connectivity index (χ2n) is 26.9. The Morgan fingerprint density at radius 3 is 0.585 bits per heavy atom. The number of sulfone groups is 2. The molecule has 16 rings (SSSR count). The van der Waals surface area contributed by atoms with Crippen LogP contribution in [0.5, 0.6) is 0 Å². The van der Waals surface area contributed by atoms with Gasteiger partial charge in [0.2, 0.25) is 19.7 Å². The van der Waals surface area contributed by atoms with Crippen molar-refractivity contribution in [3.05, 3.63) is 336 Å². The van der Waals surface area contributed by atoms with Crippen molar-refractivity contribution in [1.29, 1.82) is 0 Å². The molecule has 0 radical (unpaired) electrons. The third-order valence-corrected chi connectivity index (χ3v) is 23.8. The van der Waals surface area contributed by atoms with Gasteiger partial charge in [-0.25, -0.2) is 16.8 Å². The Morgan fingerprint density at radius 1 is 0.202 bits per heavy atom. The maximum atomic E-state index is 14.6. The summed E-state index contributed by atoms with van der Waals surface area (Å²) in [5.74, 6) is 0. The summed E-state index contributed by atoms with van der Waals surface area (Å²) in [6, 6.07) is 96.5. The first-order chi connectivity index (χ1) is 45.2. The first-order valence-corrected chi connectivity index (χ1v) is 35.0. The number of nitrogens with zero attached hydrogens (tertiary/aromatic N) is 4. The van der Waals surface area contributed by atoms with Crippen molar-refractivity contribution in [2.75, 3.05) is 19.6 Å².